The zero-order valence-electron chi connectivity index (χ0n) is 12.5. The van der Waals surface area contributed by atoms with Crippen molar-refractivity contribution < 1.29 is 0 Å². The summed E-state index contributed by atoms with van der Waals surface area (Å²) in [5.41, 5.74) is 1.49. The Morgan fingerprint density at radius 1 is 1.00 bits per heavy atom. The van der Waals surface area contributed by atoms with Gasteiger partial charge in [0.2, 0.25) is 0 Å². The lowest BCUT2D eigenvalue weighted by atomic mass is 9.80. The molecule has 0 radical (unpaired) electrons. The molecule has 1 heterocycles. The first-order valence-electron chi connectivity index (χ1n) is 8.15. The van der Waals surface area contributed by atoms with Crippen LogP contribution in [0.2, 0.25) is 0 Å². The SMILES string of the molecule is Brc1ccc([C@H](C2CCCCC2)N2CCNCC2)cc1Br. The van der Waals surface area contributed by atoms with Crippen LogP contribution < -0.4 is 5.32 Å². The topological polar surface area (TPSA) is 15.3 Å². The minimum absolute atomic E-state index is 0.594. The van der Waals surface area contributed by atoms with Gasteiger partial charge in [-0.1, -0.05) is 25.3 Å². The van der Waals surface area contributed by atoms with Crippen LogP contribution in [0.25, 0.3) is 0 Å². The summed E-state index contributed by atoms with van der Waals surface area (Å²) in [6.07, 6.45) is 7.02. The van der Waals surface area contributed by atoms with Crippen LogP contribution in [-0.2, 0) is 0 Å². The molecule has 3 rings (SSSR count). The van der Waals surface area contributed by atoms with Crippen LogP contribution in [0.4, 0.5) is 0 Å². The Morgan fingerprint density at radius 3 is 2.38 bits per heavy atom. The Labute approximate surface area is 144 Å². The highest BCUT2D eigenvalue weighted by Crippen LogP contribution is 2.40. The molecular formula is C17H24Br2N2. The molecule has 0 spiro atoms. The Balaban J connectivity index is 1.87. The monoisotopic (exact) mass is 414 g/mol. The number of rotatable bonds is 3. The molecule has 1 aromatic carbocycles. The van der Waals surface area contributed by atoms with Gasteiger partial charge in [0.25, 0.3) is 0 Å². The van der Waals surface area contributed by atoms with Gasteiger partial charge in [-0.25, -0.2) is 0 Å². The zero-order chi connectivity index (χ0) is 14.7. The van der Waals surface area contributed by atoms with E-state index in [0.29, 0.717) is 6.04 Å². The minimum Gasteiger partial charge on any atom is -0.314 e. The maximum atomic E-state index is 3.68. The lowest BCUT2D eigenvalue weighted by molar-refractivity contribution is 0.103. The number of nitrogens with one attached hydrogen (secondary N) is 1. The molecule has 1 aliphatic carbocycles. The first-order valence-corrected chi connectivity index (χ1v) is 9.74. The van der Waals surface area contributed by atoms with E-state index in [9.17, 15) is 0 Å². The van der Waals surface area contributed by atoms with Gasteiger partial charge in [0.15, 0.2) is 0 Å². The lowest BCUT2D eigenvalue weighted by Gasteiger charge is -2.41. The molecular weight excluding hydrogens is 392 g/mol. The van der Waals surface area contributed by atoms with E-state index < -0.39 is 0 Å². The van der Waals surface area contributed by atoms with Gasteiger partial charge in [-0.3, -0.25) is 4.90 Å². The smallest absolute Gasteiger partial charge is 0.0377 e. The highest BCUT2D eigenvalue weighted by molar-refractivity contribution is 9.13. The summed E-state index contributed by atoms with van der Waals surface area (Å²) in [6.45, 7) is 4.60. The maximum Gasteiger partial charge on any atom is 0.0377 e. The molecule has 1 aliphatic heterocycles. The maximum absolute atomic E-state index is 3.68. The molecule has 2 aliphatic rings. The van der Waals surface area contributed by atoms with E-state index in [2.05, 4.69) is 60.3 Å². The summed E-state index contributed by atoms with van der Waals surface area (Å²) >= 11 is 7.28. The highest BCUT2D eigenvalue weighted by Gasteiger charge is 2.31. The molecule has 1 saturated carbocycles. The van der Waals surface area contributed by atoms with Crippen molar-refractivity contribution in [1.29, 1.82) is 0 Å². The molecule has 1 atom stereocenters. The van der Waals surface area contributed by atoms with E-state index in [1.54, 1.807) is 0 Å². The Kier molecular flexibility index (Phi) is 5.77. The number of piperazine rings is 1. The number of benzene rings is 1. The summed E-state index contributed by atoms with van der Waals surface area (Å²) in [4.78, 5) is 2.71. The average molecular weight is 416 g/mol. The second kappa shape index (κ2) is 7.58. The fourth-order valence-electron chi connectivity index (χ4n) is 3.89. The van der Waals surface area contributed by atoms with Crippen LogP contribution in [0.3, 0.4) is 0 Å². The van der Waals surface area contributed by atoms with Crippen LogP contribution in [0.15, 0.2) is 27.1 Å². The van der Waals surface area contributed by atoms with Gasteiger partial charge in [0, 0.05) is 41.2 Å². The standard InChI is InChI=1S/C17H24Br2N2/c18-15-7-6-14(12-16(15)19)17(13-4-2-1-3-5-13)21-10-8-20-9-11-21/h6-7,12-13,17,20H,1-5,8-11H2/t17-/m0/s1. The fourth-order valence-corrected chi connectivity index (χ4v) is 4.53. The number of hydrogen-bond donors (Lipinski definition) is 1. The van der Waals surface area contributed by atoms with Crippen LogP contribution in [0.1, 0.15) is 43.7 Å². The summed E-state index contributed by atoms with van der Waals surface area (Å²) in [7, 11) is 0. The molecule has 0 aromatic heterocycles. The van der Waals surface area contributed by atoms with Crippen molar-refractivity contribution in [2.24, 2.45) is 5.92 Å². The second-order valence-corrected chi connectivity index (χ2v) is 8.01. The van der Waals surface area contributed by atoms with Crippen LogP contribution in [0.5, 0.6) is 0 Å². The summed E-state index contributed by atoms with van der Waals surface area (Å²) in [5, 5.41) is 3.49. The van der Waals surface area contributed by atoms with E-state index in [-0.39, 0.29) is 0 Å². The summed E-state index contributed by atoms with van der Waals surface area (Å²) in [5.74, 6) is 0.824. The Bertz CT molecular complexity index is 448. The first-order chi connectivity index (χ1) is 10.3. The van der Waals surface area contributed by atoms with Crippen molar-refractivity contribution in [2.45, 2.75) is 38.1 Å². The molecule has 2 fully saturated rings. The second-order valence-electron chi connectivity index (χ2n) is 6.30. The number of hydrogen-bond acceptors (Lipinski definition) is 2. The molecule has 21 heavy (non-hydrogen) atoms. The van der Waals surface area contributed by atoms with E-state index in [4.69, 9.17) is 0 Å². The van der Waals surface area contributed by atoms with Crippen LogP contribution in [-0.4, -0.2) is 31.1 Å². The van der Waals surface area contributed by atoms with E-state index in [1.807, 2.05) is 0 Å². The Hall–Kier alpha value is 0.1000. The van der Waals surface area contributed by atoms with Gasteiger partial charge in [-0.15, -0.1) is 0 Å². The van der Waals surface area contributed by atoms with Gasteiger partial charge < -0.3 is 5.32 Å². The third kappa shape index (κ3) is 3.90. The normalized spacial score (nSPS) is 23.1. The predicted octanol–water partition coefficient (Wildman–Crippen LogP) is 4.74. The van der Waals surface area contributed by atoms with Crippen molar-refractivity contribution in [3.05, 3.63) is 32.7 Å². The summed E-state index contributed by atoms with van der Waals surface area (Å²) < 4.78 is 2.32. The molecule has 4 heteroatoms. The van der Waals surface area contributed by atoms with Gasteiger partial charge in [0.05, 0.1) is 0 Å². The Morgan fingerprint density at radius 2 is 1.71 bits per heavy atom. The fraction of sp³-hybridized carbons (Fsp3) is 0.647. The van der Waals surface area contributed by atoms with Gasteiger partial charge >= 0.3 is 0 Å². The molecule has 1 N–H and O–H groups in total. The molecule has 1 saturated heterocycles. The minimum atomic E-state index is 0.594. The van der Waals surface area contributed by atoms with E-state index in [0.717, 1.165) is 23.5 Å². The van der Waals surface area contributed by atoms with E-state index >= 15 is 0 Å². The van der Waals surface area contributed by atoms with Crippen molar-refractivity contribution in [3.8, 4) is 0 Å². The predicted molar refractivity (Wildman–Crippen MR) is 95.6 cm³/mol. The van der Waals surface area contributed by atoms with Crippen LogP contribution >= 0.6 is 31.9 Å². The van der Waals surface area contributed by atoms with E-state index in [1.165, 1.54) is 55.2 Å². The average Bonchev–Trinajstić information content (AvgIpc) is 2.53. The van der Waals surface area contributed by atoms with Crippen molar-refractivity contribution in [3.63, 3.8) is 0 Å². The van der Waals surface area contributed by atoms with Crippen LogP contribution in [0, 0.1) is 5.92 Å². The van der Waals surface area contributed by atoms with Gasteiger partial charge in [0.1, 0.15) is 0 Å². The largest absolute Gasteiger partial charge is 0.314 e. The number of nitrogens with zero attached hydrogens (tertiary/aromatic N) is 1. The van der Waals surface area contributed by atoms with Gasteiger partial charge in [-0.05, 0) is 68.3 Å². The van der Waals surface area contributed by atoms with Crippen molar-refractivity contribution >= 4 is 31.9 Å². The summed E-state index contributed by atoms with van der Waals surface area (Å²) in [6, 6.07) is 7.43. The third-order valence-corrected chi connectivity index (χ3v) is 6.81. The zero-order valence-corrected chi connectivity index (χ0v) is 15.6. The third-order valence-electron chi connectivity index (χ3n) is 4.93. The number of halogens is 2. The molecule has 116 valence electrons. The van der Waals surface area contributed by atoms with Gasteiger partial charge in [-0.2, -0.15) is 0 Å². The van der Waals surface area contributed by atoms with Crippen molar-refractivity contribution in [1.82, 2.24) is 10.2 Å². The molecule has 0 bridgehead atoms. The molecule has 0 unspecified atom stereocenters. The molecule has 1 aromatic rings. The molecule has 0 amide bonds. The molecule has 2 nitrogen and oxygen atoms in total. The quantitative estimate of drug-likeness (QED) is 0.766. The van der Waals surface area contributed by atoms with Crippen molar-refractivity contribution in [2.75, 3.05) is 26.2 Å². The lowest BCUT2D eigenvalue weighted by Crippen LogP contribution is -2.47. The highest BCUT2D eigenvalue weighted by atomic mass is 79.9. The first kappa shape index (κ1) is 16.0.